The summed E-state index contributed by atoms with van der Waals surface area (Å²) in [4.78, 5) is 19.9. The summed E-state index contributed by atoms with van der Waals surface area (Å²) in [6, 6.07) is 8.24. The molecule has 0 fully saturated rings. The van der Waals surface area contributed by atoms with Gasteiger partial charge in [-0.15, -0.1) is 0 Å². The van der Waals surface area contributed by atoms with Crippen LogP contribution in [-0.2, 0) is 19.4 Å². The monoisotopic (exact) mass is 352 g/mol. The van der Waals surface area contributed by atoms with Gasteiger partial charge in [-0.25, -0.2) is 9.50 Å². The standard InChI is InChI=1S/C20H24N4O2/c1-13-10-15(4-5-18(13)26-3)12-23-8-6-16-17(7-9-23)21-19-11-14(2)22-24(19)20(16)25/h4-5,10-11,22H,6-9,12H2,1-3H3. The van der Waals surface area contributed by atoms with E-state index in [0.29, 0.717) is 5.65 Å². The fraction of sp³-hybridized carbons (Fsp3) is 0.400. The number of ether oxygens (including phenoxy) is 1. The van der Waals surface area contributed by atoms with Crippen molar-refractivity contribution in [2.24, 2.45) is 0 Å². The minimum atomic E-state index is 0.0419. The Morgan fingerprint density at radius 2 is 2.00 bits per heavy atom. The van der Waals surface area contributed by atoms with Crippen molar-refractivity contribution >= 4 is 5.65 Å². The predicted molar refractivity (Wildman–Crippen MR) is 101 cm³/mol. The van der Waals surface area contributed by atoms with Crippen LogP contribution in [0.1, 0.15) is 28.1 Å². The van der Waals surface area contributed by atoms with Crippen LogP contribution in [0.4, 0.5) is 0 Å². The van der Waals surface area contributed by atoms with Crippen LogP contribution in [-0.4, -0.2) is 39.7 Å². The van der Waals surface area contributed by atoms with Crippen LogP contribution in [0.5, 0.6) is 5.75 Å². The SMILES string of the molecule is COc1ccc(CN2CCc3nc4cc(C)[nH]n4c(=O)c3CC2)cc1C. The zero-order chi connectivity index (χ0) is 18.3. The quantitative estimate of drug-likeness (QED) is 0.785. The molecule has 1 N–H and O–H groups in total. The number of aromatic nitrogens is 3. The van der Waals surface area contributed by atoms with E-state index in [9.17, 15) is 4.79 Å². The maximum atomic E-state index is 12.8. The number of rotatable bonds is 3. The highest BCUT2D eigenvalue weighted by atomic mass is 16.5. The Bertz CT molecular complexity index is 1020. The largest absolute Gasteiger partial charge is 0.496 e. The van der Waals surface area contributed by atoms with Gasteiger partial charge < -0.3 is 4.74 Å². The van der Waals surface area contributed by atoms with E-state index in [1.165, 1.54) is 5.56 Å². The highest BCUT2D eigenvalue weighted by molar-refractivity contribution is 5.42. The molecule has 136 valence electrons. The molecule has 1 aromatic carbocycles. The summed E-state index contributed by atoms with van der Waals surface area (Å²) in [6.45, 7) is 6.65. The maximum Gasteiger partial charge on any atom is 0.276 e. The molecule has 1 aliphatic heterocycles. The van der Waals surface area contributed by atoms with Crippen molar-refractivity contribution in [3.05, 3.63) is 62.7 Å². The lowest BCUT2D eigenvalue weighted by Gasteiger charge is -2.20. The molecule has 1 aliphatic rings. The molecule has 0 spiro atoms. The van der Waals surface area contributed by atoms with Crippen molar-refractivity contribution in [3.8, 4) is 5.75 Å². The number of nitrogens with zero attached hydrogens (tertiary/aromatic N) is 3. The summed E-state index contributed by atoms with van der Waals surface area (Å²) in [5.41, 5.74) is 5.91. The van der Waals surface area contributed by atoms with E-state index in [1.807, 2.05) is 19.1 Å². The second kappa shape index (κ2) is 6.61. The highest BCUT2D eigenvalue weighted by Crippen LogP contribution is 2.20. The molecule has 0 saturated carbocycles. The van der Waals surface area contributed by atoms with Crippen LogP contribution >= 0.6 is 0 Å². The summed E-state index contributed by atoms with van der Waals surface area (Å²) >= 11 is 0. The van der Waals surface area contributed by atoms with Crippen LogP contribution in [0.25, 0.3) is 5.65 Å². The molecule has 2 aromatic heterocycles. The summed E-state index contributed by atoms with van der Waals surface area (Å²) in [7, 11) is 1.70. The Morgan fingerprint density at radius 1 is 1.19 bits per heavy atom. The van der Waals surface area contributed by atoms with Gasteiger partial charge in [0.1, 0.15) is 5.75 Å². The van der Waals surface area contributed by atoms with Gasteiger partial charge in [-0.3, -0.25) is 14.8 Å². The fourth-order valence-corrected chi connectivity index (χ4v) is 3.78. The lowest BCUT2D eigenvalue weighted by molar-refractivity contribution is 0.278. The molecule has 3 aromatic rings. The average molecular weight is 352 g/mol. The Kier molecular flexibility index (Phi) is 4.28. The minimum absolute atomic E-state index is 0.0419. The number of benzene rings is 1. The number of H-pyrrole nitrogens is 1. The van der Waals surface area contributed by atoms with E-state index in [1.54, 1.807) is 11.6 Å². The second-order valence-electron chi connectivity index (χ2n) is 7.06. The molecular weight excluding hydrogens is 328 g/mol. The molecule has 0 amide bonds. The molecule has 0 atom stereocenters. The van der Waals surface area contributed by atoms with Crippen LogP contribution in [0.15, 0.2) is 29.1 Å². The lowest BCUT2D eigenvalue weighted by atomic mass is 10.1. The van der Waals surface area contributed by atoms with Crippen molar-refractivity contribution in [1.82, 2.24) is 19.5 Å². The zero-order valence-electron chi connectivity index (χ0n) is 15.5. The number of hydrogen-bond acceptors (Lipinski definition) is 4. The third-order valence-electron chi connectivity index (χ3n) is 5.13. The molecule has 4 rings (SSSR count). The average Bonchev–Trinajstić information content (AvgIpc) is 2.87. The first-order valence-corrected chi connectivity index (χ1v) is 9.01. The topological polar surface area (TPSA) is 62.6 Å². The van der Waals surface area contributed by atoms with Gasteiger partial charge in [0.05, 0.1) is 12.8 Å². The van der Waals surface area contributed by atoms with E-state index in [0.717, 1.165) is 60.7 Å². The van der Waals surface area contributed by atoms with Gasteiger partial charge in [0, 0.05) is 43.4 Å². The Hall–Kier alpha value is -2.60. The molecular formula is C20H24N4O2. The van der Waals surface area contributed by atoms with Crippen molar-refractivity contribution in [1.29, 1.82) is 0 Å². The van der Waals surface area contributed by atoms with Crippen LogP contribution in [0.2, 0.25) is 0 Å². The van der Waals surface area contributed by atoms with E-state index in [2.05, 4.69) is 29.1 Å². The van der Waals surface area contributed by atoms with Crippen LogP contribution in [0, 0.1) is 13.8 Å². The van der Waals surface area contributed by atoms with Crippen molar-refractivity contribution in [3.63, 3.8) is 0 Å². The molecule has 3 heterocycles. The van der Waals surface area contributed by atoms with Crippen LogP contribution < -0.4 is 10.3 Å². The minimum Gasteiger partial charge on any atom is -0.496 e. The summed E-state index contributed by atoms with van der Waals surface area (Å²) in [6.07, 6.45) is 1.54. The van der Waals surface area contributed by atoms with Crippen molar-refractivity contribution in [2.75, 3.05) is 20.2 Å². The van der Waals surface area contributed by atoms with E-state index < -0.39 is 0 Å². The Balaban J connectivity index is 1.56. The summed E-state index contributed by atoms with van der Waals surface area (Å²) < 4.78 is 6.91. The smallest absolute Gasteiger partial charge is 0.276 e. The van der Waals surface area contributed by atoms with Gasteiger partial charge in [-0.1, -0.05) is 12.1 Å². The number of aromatic amines is 1. The van der Waals surface area contributed by atoms with Gasteiger partial charge in [0.15, 0.2) is 5.65 Å². The molecule has 6 heteroatoms. The molecule has 0 saturated heterocycles. The Labute approximate surface area is 152 Å². The van der Waals surface area contributed by atoms with Crippen molar-refractivity contribution in [2.45, 2.75) is 33.2 Å². The molecule has 0 aliphatic carbocycles. The zero-order valence-corrected chi connectivity index (χ0v) is 15.5. The first-order valence-electron chi connectivity index (χ1n) is 9.01. The number of fused-ring (bicyclic) bond motifs is 2. The molecule has 6 nitrogen and oxygen atoms in total. The summed E-state index contributed by atoms with van der Waals surface area (Å²) in [5.74, 6) is 0.916. The summed E-state index contributed by atoms with van der Waals surface area (Å²) in [5, 5.41) is 3.08. The van der Waals surface area contributed by atoms with Crippen LogP contribution in [0.3, 0.4) is 0 Å². The Morgan fingerprint density at radius 3 is 2.77 bits per heavy atom. The van der Waals surface area contributed by atoms with Gasteiger partial charge in [-0.2, -0.15) is 0 Å². The second-order valence-corrected chi connectivity index (χ2v) is 7.06. The number of methoxy groups -OCH3 is 1. The first kappa shape index (κ1) is 16.8. The van der Waals surface area contributed by atoms with Crippen molar-refractivity contribution < 1.29 is 4.74 Å². The third kappa shape index (κ3) is 3.01. The van der Waals surface area contributed by atoms with Gasteiger partial charge in [-0.05, 0) is 37.5 Å². The van der Waals surface area contributed by atoms with Gasteiger partial charge in [0.25, 0.3) is 5.56 Å². The molecule has 0 radical (unpaired) electrons. The predicted octanol–water partition coefficient (Wildman–Crippen LogP) is 2.25. The first-order chi connectivity index (χ1) is 12.5. The van der Waals surface area contributed by atoms with Gasteiger partial charge in [0.2, 0.25) is 0 Å². The number of nitrogens with one attached hydrogen (secondary N) is 1. The molecule has 0 unspecified atom stereocenters. The molecule has 0 bridgehead atoms. The maximum absolute atomic E-state index is 12.8. The number of hydrogen-bond donors (Lipinski definition) is 1. The van der Waals surface area contributed by atoms with Gasteiger partial charge >= 0.3 is 0 Å². The fourth-order valence-electron chi connectivity index (χ4n) is 3.78. The lowest BCUT2D eigenvalue weighted by Crippen LogP contribution is -2.26. The third-order valence-corrected chi connectivity index (χ3v) is 5.13. The van der Waals surface area contributed by atoms with E-state index >= 15 is 0 Å². The van der Waals surface area contributed by atoms with E-state index in [4.69, 9.17) is 9.72 Å². The number of aryl methyl sites for hydroxylation is 2. The molecule has 26 heavy (non-hydrogen) atoms. The van der Waals surface area contributed by atoms with E-state index in [-0.39, 0.29) is 5.56 Å². The highest BCUT2D eigenvalue weighted by Gasteiger charge is 2.20. The normalized spacial score (nSPS) is 15.0.